The first-order valence-corrected chi connectivity index (χ1v) is 9.67. The molecule has 2 aromatic rings. The summed E-state index contributed by atoms with van der Waals surface area (Å²) in [4.78, 5) is 8.26. The third-order valence-corrected chi connectivity index (χ3v) is 4.22. The van der Waals surface area contributed by atoms with Crippen molar-refractivity contribution in [2.45, 2.75) is 12.5 Å². The minimum Gasteiger partial charge on any atom is -0.480 e. The SMILES string of the molecule is COC1=C(n2c(NS(=O)(=O)Cl)nnc2-c2cccnc2)C(OC)CC=N1. The minimum atomic E-state index is -4.11. The Morgan fingerprint density at radius 1 is 1.35 bits per heavy atom. The Morgan fingerprint density at radius 2 is 2.15 bits per heavy atom. The van der Waals surface area contributed by atoms with Gasteiger partial charge in [0, 0.05) is 48.4 Å². The van der Waals surface area contributed by atoms with Gasteiger partial charge in [0.25, 0.3) is 0 Å². The Kier molecular flexibility index (Phi) is 5.20. The van der Waals surface area contributed by atoms with E-state index in [0.717, 1.165) is 0 Å². The lowest BCUT2D eigenvalue weighted by Crippen LogP contribution is -2.25. The molecule has 0 saturated heterocycles. The number of hydrogen-bond acceptors (Lipinski definition) is 8. The summed E-state index contributed by atoms with van der Waals surface area (Å²) in [7, 11) is 4.19. The highest BCUT2D eigenvalue weighted by Gasteiger charge is 2.30. The van der Waals surface area contributed by atoms with Gasteiger partial charge in [0.05, 0.1) is 7.11 Å². The van der Waals surface area contributed by atoms with Gasteiger partial charge >= 0.3 is 9.24 Å². The van der Waals surface area contributed by atoms with Crippen LogP contribution in [-0.2, 0) is 18.7 Å². The summed E-state index contributed by atoms with van der Waals surface area (Å²) in [6, 6.07) is 3.48. The molecule has 1 unspecified atom stereocenters. The average molecular weight is 399 g/mol. The monoisotopic (exact) mass is 398 g/mol. The number of aromatic nitrogens is 4. The van der Waals surface area contributed by atoms with Crippen molar-refractivity contribution in [3.63, 3.8) is 0 Å². The number of nitrogens with zero attached hydrogens (tertiary/aromatic N) is 5. The van der Waals surface area contributed by atoms with Crippen LogP contribution in [0.5, 0.6) is 0 Å². The molecular formula is C14H15ClN6O4S. The van der Waals surface area contributed by atoms with Crippen LogP contribution in [0.1, 0.15) is 6.42 Å². The van der Waals surface area contributed by atoms with Crippen LogP contribution in [0.3, 0.4) is 0 Å². The van der Waals surface area contributed by atoms with Gasteiger partial charge in [-0.2, -0.15) is 8.42 Å². The van der Waals surface area contributed by atoms with E-state index in [0.29, 0.717) is 23.5 Å². The first-order valence-electron chi connectivity index (χ1n) is 7.36. The van der Waals surface area contributed by atoms with Crippen LogP contribution in [0.25, 0.3) is 17.1 Å². The van der Waals surface area contributed by atoms with E-state index in [9.17, 15) is 8.42 Å². The number of aliphatic imine (C=N–C) groups is 1. The zero-order chi connectivity index (χ0) is 18.7. The lowest BCUT2D eigenvalue weighted by molar-refractivity contribution is 0.143. The van der Waals surface area contributed by atoms with Crippen molar-refractivity contribution in [2.75, 3.05) is 18.9 Å². The van der Waals surface area contributed by atoms with Crippen molar-refractivity contribution in [1.82, 2.24) is 19.7 Å². The number of hydrogen-bond donors (Lipinski definition) is 1. The molecule has 2 aromatic heterocycles. The van der Waals surface area contributed by atoms with Crippen LogP contribution < -0.4 is 4.72 Å². The summed E-state index contributed by atoms with van der Waals surface area (Å²) in [6.07, 6.45) is 4.81. The standard InChI is InChI=1S/C14H15ClN6O4S/c1-24-10-5-7-17-13(25-2)11(10)21-12(9-4-3-6-16-8-9)18-19-14(21)20-26(15,22)23/h3-4,6-8,10H,5H2,1-2H3,(H,19,20). The van der Waals surface area contributed by atoms with E-state index in [1.165, 1.54) is 18.8 Å². The number of ether oxygens (including phenoxy) is 2. The van der Waals surface area contributed by atoms with Crippen molar-refractivity contribution in [2.24, 2.45) is 4.99 Å². The van der Waals surface area contributed by atoms with Crippen LogP contribution in [0, 0.1) is 0 Å². The molecule has 1 atom stereocenters. The summed E-state index contributed by atoms with van der Waals surface area (Å²) in [5.74, 6) is 0.440. The zero-order valence-electron chi connectivity index (χ0n) is 13.8. The van der Waals surface area contributed by atoms with Gasteiger partial charge in [-0.05, 0) is 12.1 Å². The van der Waals surface area contributed by atoms with Crippen LogP contribution in [0.4, 0.5) is 5.95 Å². The molecule has 0 aromatic carbocycles. The molecule has 12 heteroatoms. The fraction of sp³-hybridized carbons (Fsp3) is 0.286. The van der Waals surface area contributed by atoms with E-state index < -0.39 is 15.3 Å². The fourth-order valence-electron chi connectivity index (χ4n) is 2.52. The smallest absolute Gasteiger partial charge is 0.321 e. The predicted molar refractivity (Wildman–Crippen MR) is 95.8 cm³/mol. The number of pyridine rings is 1. The Hall–Kier alpha value is -2.50. The second-order valence-corrected chi connectivity index (χ2v) is 7.43. The van der Waals surface area contributed by atoms with E-state index in [1.54, 1.807) is 30.7 Å². The van der Waals surface area contributed by atoms with Gasteiger partial charge in [0.15, 0.2) is 5.82 Å². The van der Waals surface area contributed by atoms with E-state index in [4.69, 9.17) is 20.2 Å². The molecule has 0 fully saturated rings. The molecule has 0 spiro atoms. The number of nitrogens with one attached hydrogen (secondary N) is 1. The second kappa shape index (κ2) is 7.40. The molecular weight excluding hydrogens is 384 g/mol. The van der Waals surface area contributed by atoms with Crippen molar-refractivity contribution in [1.29, 1.82) is 0 Å². The largest absolute Gasteiger partial charge is 0.480 e. The minimum absolute atomic E-state index is 0.123. The summed E-state index contributed by atoms with van der Waals surface area (Å²) < 4.78 is 37.5. The highest BCUT2D eigenvalue weighted by Crippen LogP contribution is 2.32. The fourth-order valence-corrected chi connectivity index (χ4v) is 3.08. The number of methoxy groups -OCH3 is 2. The van der Waals surface area contributed by atoms with Crippen LogP contribution >= 0.6 is 10.7 Å². The molecule has 10 nitrogen and oxygen atoms in total. The molecule has 3 rings (SSSR count). The van der Waals surface area contributed by atoms with Crippen LogP contribution in [0.15, 0.2) is 35.4 Å². The normalized spacial score (nSPS) is 17.4. The van der Waals surface area contributed by atoms with Crippen molar-refractivity contribution >= 4 is 37.8 Å². The summed E-state index contributed by atoms with van der Waals surface area (Å²) in [5, 5.41) is 7.98. The van der Waals surface area contributed by atoms with Crippen molar-refractivity contribution < 1.29 is 17.9 Å². The molecule has 0 saturated carbocycles. The maximum absolute atomic E-state index is 11.5. The Bertz CT molecular complexity index is 957. The van der Waals surface area contributed by atoms with E-state index in [1.807, 2.05) is 0 Å². The lowest BCUT2D eigenvalue weighted by atomic mass is 10.1. The molecule has 1 N–H and O–H groups in total. The maximum Gasteiger partial charge on any atom is 0.321 e. The molecule has 3 heterocycles. The van der Waals surface area contributed by atoms with Crippen LogP contribution in [-0.4, -0.2) is 54.7 Å². The average Bonchev–Trinajstić information content (AvgIpc) is 3.02. The quantitative estimate of drug-likeness (QED) is 0.732. The molecule has 138 valence electrons. The summed E-state index contributed by atoms with van der Waals surface area (Å²) >= 11 is 0. The molecule has 0 aliphatic carbocycles. The third-order valence-electron chi connectivity index (χ3n) is 3.57. The number of halogens is 1. The van der Waals surface area contributed by atoms with Crippen LogP contribution in [0.2, 0.25) is 0 Å². The van der Waals surface area contributed by atoms with Gasteiger partial charge in [-0.25, -0.2) is 9.71 Å². The first kappa shape index (κ1) is 18.3. The molecule has 0 amide bonds. The number of anilines is 1. The van der Waals surface area contributed by atoms with Gasteiger partial charge in [-0.3, -0.25) is 9.55 Å². The molecule has 1 aliphatic rings. The highest BCUT2D eigenvalue weighted by molar-refractivity contribution is 8.14. The summed E-state index contributed by atoms with van der Waals surface area (Å²) in [6.45, 7) is 0. The van der Waals surface area contributed by atoms with E-state index >= 15 is 0 Å². The van der Waals surface area contributed by atoms with Gasteiger partial charge in [-0.15, -0.1) is 10.2 Å². The molecule has 1 aliphatic heterocycles. The number of rotatable bonds is 6. The lowest BCUT2D eigenvalue weighted by Gasteiger charge is -2.24. The third kappa shape index (κ3) is 3.69. The maximum atomic E-state index is 11.5. The second-order valence-electron chi connectivity index (χ2n) is 5.13. The van der Waals surface area contributed by atoms with Crippen molar-refractivity contribution in [3.05, 3.63) is 30.4 Å². The Morgan fingerprint density at radius 3 is 2.77 bits per heavy atom. The Balaban J connectivity index is 2.27. The van der Waals surface area contributed by atoms with Gasteiger partial charge < -0.3 is 9.47 Å². The van der Waals surface area contributed by atoms with Gasteiger partial charge in [-0.1, -0.05) is 0 Å². The first-order chi connectivity index (χ1) is 12.4. The molecule has 26 heavy (non-hydrogen) atoms. The molecule has 0 radical (unpaired) electrons. The molecule has 0 bridgehead atoms. The van der Waals surface area contributed by atoms with Gasteiger partial charge in [0.1, 0.15) is 11.8 Å². The van der Waals surface area contributed by atoms with E-state index in [2.05, 4.69) is 24.9 Å². The highest BCUT2D eigenvalue weighted by atomic mass is 35.7. The zero-order valence-corrected chi connectivity index (χ0v) is 15.4. The topological polar surface area (TPSA) is 121 Å². The summed E-state index contributed by atoms with van der Waals surface area (Å²) in [5.41, 5.74) is 1.04. The Labute approximate surface area is 154 Å². The predicted octanol–water partition coefficient (Wildman–Crippen LogP) is 1.50. The van der Waals surface area contributed by atoms with E-state index in [-0.39, 0.29) is 11.8 Å². The van der Waals surface area contributed by atoms with Gasteiger partial charge in [0.2, 0.25) is 11.8 Å². The van der Waals surface area contributed by atoms with Crippen molar-refractivity contribution in [3.8, 4) is 11.4 Å².